The Morgan fingerprint density at radius 2 is 0.547 bits per heavy atom. The second-order valence-corrected chi connectivity index (χ2v) is 27.8. The summed E-state index contributed by atoms with van der Waals surface area (Å²) in [5.41, 5.74) is 0. The normalized spacial score (nSPS) is 12.5. The Balaban J connectivity index is 3.29. The van der Waals surface area contributed by atoms with Gasteiger partial charge in [0.2, 0.25) is 5.91 Å². The van der Waals surface area contributed by atoms with Crippen LogP contribution in [-0.2, 0) is 14.3 Å². The van der Waals surface area contributed by atoms with Crippen LogP contribution in [0.2, 0.25) is 0 Å². The molecule has 0 spiro atoms. The molecule has 2 atom stereocenters. The molecule has 2 unspecified atom stereocenters. The lowest BCUT2D eigenvalue weighted by molar-refractivity contribution is -0.143. The Hall–Kier alpha value is -1.40. The molecule has 0 heterocycles. The maximum absolute atomic E-state index is 12.5. The van der Waals surface area contributed by atoms with E-state index in [0.717, 1.165) is 44.9 Å². The van der Waals surface area contributed by atoms with Crippen molar-refractivity contribution in [3.63, 3.8) is 0 Å². The standard InChI is InChI=1S/C80H157NO5/c1-3-5-7-9-11-13-15-17-19-41-45-48-52-56-60-64-68-72-78(83)77(76-82)81-79(84)73-69-65-61-57-53-49-46-42-39-37-35-33-31-29-27-25-23-21-20-22-24-26-28-30-32-34-36-38-40-43-47-51-55-59-63-67-71-75-86-80(85)74-70-66-62-58-54-50-44-18-16-14-12-10-8-6-4-2/h18,44,77-78,82-83H,3-17,19-43,45-76H2,1-2H3,(H,81,84)/b44-18-. The van der Waals surface area contributed by atoms with E-state index in [0.29, 0.717) is 25.9 Å². The number of allylic oxidation sites excluding steroid dienone is 2. The van der Waals surface area contributed by atoms with E-state index in [1.165, 1.54) is 385 Å². The third-order valence-corrected chi connectivity index (χ3v) is 19.1. The van der Waals surface area contributed by atoms with Gasteiger partial charge in [-0.15, -0.1) is 0 Å². The van der Waals surface area contributed by atoms with Crippen molar-refractivity contribution in [2.24, 2.45) is 0 Å². The fraction of sp³-hybridized carbons (Fsp3) is 0.950. The van der Waals surface area contributed by atoms with Gasteiger partial charge in [-0.25, -0.2) is 0 Å². The van der Waals surface area contributed by atoms with Crippen LogP contribution in [-0.4, -0.2) is 47.4 Å². The zero-order valence-corrected chi connectivity index (χ0v) is 58.8. The van der Waals surface area contributed by atoms with Gasteiger partial charge in [0.15, 0.2) is 0 Å². The van der Waals surface area contributed by atoms with Crippen LogP contribution in [0.15, 0.2) is 12.2 Å². The van der Waals surface area contributed by atoms with Crippen molar-refractivity contribution in [2.45, 2.75) is 475 Å². The molecule has 0 rings (SSSR count). The fourth-order valence-corrected chi connectivity index (χ4v) is 13.0. The topological polar surface area (TPSA) is 95.9 Å². The van der Waals surface area contributed by atoms with Crippen LogP contribution in [0.3, 0.4) is 0 Å². The number of carbonyl (C=O) groups excluding carboxylic acids is 2. The van der Waals surface area contributed by atoms with Gasteiger partial charge in [-0.05, 0) is 51.4 Å². The average Bonchev–Trinajstić information content (AvgIpc) is 3.59. The molecule has 6 nitrogen and oxygen atoms in total. The van der Waals surface area contributed by atoms with Crippen LogP contribution in [0.25, 0.3) is 0 Å². The summed E-state index contributed by atoms with van der Waals surface area (Å²) in [7, 11) is 0. The van der Waals surface area contributed by atoms with Crippen LogP contribution in [0.5, 0.6) is 0 Å². The first-order valence-electron chi connectivity index (χ1n) is 39.9. The largest absolute Gasteiger partial charge is 0.466 e. The zero-order valence-electron chi connectivity index (χ0n) is 58.8. The minimum absolute atomic E-state index is 0.0165. The van der Waals surface area contributed by atoms with Crippen LogP contribution in [0.1, 0.15) is 463 Å². The highest BCUT2D eigenvalue weighted by molar-refractivity contribution is 5.76. The maximum Gasteiger partial charge on any atom is 0.305 e. The lowest BCUT2D eigenvalue weighted by atomic mass is 10.0. The molecule has 6 heteroatoms. The van der Waals surface area contributed by atoms with Crippen LogP contribution >= 0.6 is 0 Å². The summed E-state index contributed by atoms with van der Waals surface area (Å²) in [6, 6.07) is -0.537. The smallest absolute Gasteiger partial charge is 0.305 e. The van der Waals surface area contributed by atoms with Crippen molar-refractivity contribution in [2.75, 3.05) is 13.2 Å². The Bertz CT molecular complexity index is 1300. The van der Waals surface area contributed by atoms with Gasteiger partial charge in [0.1, 0.15) is 0 Å². The number of unbranched alkanes of at least 4 members (excludes halogenated alkanes) is 63. The number of hydrogen-bond acceptors (Lipinski definition) is 5. The molecule has 0 aromatic heterocycles. The van der Waals surface area contributed by atoms with Gasteiger partial charge in [-0.2, -0.15) is 0 Å². The number of nitrogens with one attached hydrogen (secondary N) is 1. The fourth-order valence-electron chi connectivity index (χ4n) is 13.0. The Kier molecular flexibility index (Phi) is 74.8. The van der Waals surface area contributed by atoms with Crippen molar-refractivity contribution < 1.29 is 24.5 Å². The van der Waals surface area contributed by atoms with Gasteiger partial charge in [0.25, 0.3) is 0 Å². The molecule has 0 aliphatic carbocycles. The van der Waals surface area contributed by atoms with E-state index in [1.807, 2.05) is 0 Å². The quantitative estimate of drug-likeness (QED) is 0.0320. The lowest BCUT2D eigenvalue weighted by Gasteiger charge is -2.22. The lowest BCUT2D eigenvalue weighted by Crippen LogP contribution is -2.45. The van der Waals surface area contributed by atoms with Gasteiger partial charge >= 0.3 is 5.97 Å². The summed E-state index contributed by atoms with van der Waals surface area (Å²) < 4.78 is 5.50. The van der Waals surface area contributed by atoms with E-state index in [4.69, 9.17) is 4.74 Å². The summed E-state index contributed by atoms with van der Waals surface area (Å²) in [4.78, 5) is 24.6. The third-order valence-electron chi connectivity index (χ3n) is 19.1. The second kappa shape index (κ2) is 76.1. The number of amides is 1. The van der Waals surface area contributed by atoms with Crippen molar-refractivity contribution in [1.82, 2.24) is 5.32 Å². The summed E-state index contributed by atoms with van der Waals surface area (Å²) in [6.45, 7) is 5.00. The van der Waals surface area contributed by atoms with E-state index in [9.17, 15) is 19.8 Å². The van der Waals surface area contributed by atoms with Crippen molar-refractivity contribution in [1.29, 1.82) is 0 Å². The minimum Gasteiger partial charge on any atom is -0.466 e. The number of rotatable bonds is 76. The molecule has 3 N–H and O–H groups in total. The molecule has 0 aromatic rings. The van der Waals surface area contributed by atoms with E-state index >= 15 is 0 Å². The summed E-state index contributed by atoms with van der Waals surface area (Å²) >= 11 is 0. The highest BCUT2D eigenvalue weighted by Gasteiger charge is 2.20. The predicted molar refractivity (Wildman–Crippen MR) is 380 cm³/mol. The number of aliphatic hydroxyl groups excluding tert-OH is 2. The molecular formula is C80H157NO5. The van der Waals surface area contributed by atoms with Gasteiger partial charge in [-0.1, -0.05) is 411 Å². The third kappa shape index (κ3) is 71.7. The van der Waals surface area contributed by atoms with Crippen molar-refractivity contribution >= 4 is 11.9 Å². The van der Waals surface area contributed by atoms with Crippen LogP contribution in [0, 0.1) is 0 Å². The number of aliphatic hydroxyl groups is 2. The SMILES string of the molecule is CCCCCCCC/C=C\CCCCCCCC(=O)OCCCCCCCCCCCCCCCCCCCCCCCCCCCCCCCCCCCCCCCC(=O)NC(CO)C(O)CCCCCCCCCCCCCCCCCCC. The van der Waals surface area contributed by atoms with Crippen molar-refractivity contribution in [3.8, 4) is 0 Å². The van der Waals surface area contributed by atoms with Crippen molar-refractivity contribution in [3.05, 3.63) is 12.2 Å². The highest BCUT2D eigenvalue weighted by Crippen LogP contribution is 2.20. The van der Waals surface area contributed by atoms with Crippen LogP contribution < -0.4 is 5.32 Å². The first-order chi connectivity index (χ1) is 42.5. The van der Waals surface area contributed by atoms with E-state index < -0.39 is 12.1 Å². The number of hydrogen-bond donors (Lipinski definition) is 3. The monoisotopic (exact) mass is 1210 g/mol. The molecule has 0 bridgehead atoms. The van der Waals surface area contributed by atoms with Gasteiger partial charge in [-0.3, -0.25) is 9.59 Å². The Morgan fingerprint density at radius 1 is 0.314 bits per heavy atom. The molecule has 512 valence electrons. The van der Waals surface area contributed by atoms with E-state index in [1.54, 1.807) is 0 Å². The number of esters is 1. The molecule has 0 fully saturated rings. The number of carbonyl (C=O) groups is 2. The Morgan fingerprint density at radius 3 is 0.826 bits per heavy atom. The maximum atomic E-state index is 12.5. The van der Waals surface area contributed by atoms with Gasteiger partial charge in [0, 0.05) is 12.8 Å². The first kappa shape index (κ1) is 84.6. The summed E-state index contributed by atoms with van der Waals surface area (Å²) in [5.74, 6) is -0.00803. The molecule has 0 aromatic carbocycles. The second-order valence-electron chi connectivity index (χ2n) is 27.8. The number of ether oxygens (including phenoxy) is 1. The molecule has 86 heavy (non-hydrogen) atoms. The molecular weight excluding hydrogens is 1050 g/mol. The summed E-state index contributed by atoms with van der Waals surface area (Å²) in [6.07, 6.45) is 96.0. The van der Waals surface area contributed by atoms with Gasteiger partial charge in [0.05, 0.1) is 25.4 Å². The molecule has 1 amide bonds. The summed E-state index contributed by atoms with van der Waals surface area (Å²) in [5, 5.41) is 23.4. The average molecular weight is 1210 g/mol. The first-order valence-corrected chi connectivity index (χ1v) is 39.9. The molecule has 0 aliphatic rings. The molecule has 0 saturated heterocycles. The van der Waals surface area contributed by atoms with E-state index in [2.05, 4.69) is 31.3 Å². The van der Waals surface area contributed by atoms with Gasteiger partial charge < -0.3 is 20.3 Å². The highest BCUT2D eigenvalue weighted by atomic mass is 16.5. The van der Waals surface area contributed by atoms with E-state index in [-0.39, 0.29) is 18.5 Å². The predicted octanol–water partition coefficient (Wildman–Crippen LogP) is 26.3. The molecule has 0 saturated carbocycles. The molecule has 0 radical (unpaired) electrons. The van der Waals surface area contributed by atoms with Crippen LogP contribution in [0.4, 0.5) is 0 Å². The minimum atomic E-state index is -0.660. The molecule has 0 aliphatic heterocycles. The zero-order chi connectivity index (χ0) is 62.0. The Labute approximate surface area is 539 Å².